The Labute approximate surface area is 117 Å². The van der Waals surface area contributed by atoms with Gasteiger partial charge < -0.3 is 5.11 Å². The van der Waals surface area contributed by atoms with Crippen molar-refractivity contribution in [2.75, 3.05) is 13.1 Å². The number of rotatable bonds is 3. The molecule has 1 saturated heterocycles. The van der Waals surface area contributed by atoms with Crippen LogP contribution in [0.2, 0.25) is 0 Å². The van der Waals surface area contributed by atoms with E-state index in [1.54, 1.807) is 0 Å². The predicted octanol–water partition coefficient (Wildman–Crippen LogP) is 1.72. The molecule has 1 heterocycles. The fourth-order valence-corrected chi connectivity index (χ4v) is 3.67. The number of sulfonamides is 1. The number of nitrogens with zero attached hydrogens (tertiary/aromatic N) is 2. The van der Waals surface area contributed by atoms with Gasteiger partial charge in [-0.2, -0.15) is 4.31 Å². The summed E-state index contributed by atoms with van der Waals surface area (Å²) in [7, 11) is -3.74. The summed E-state index contributed by atoms with van der Waals surface area (Å²) in [6.07, 6.45) is 1.55. The Balaban J connectivity index is 2.35. The minimum atomic E-state index is -3.74. The van der Waals surface area contributed by atoms with E-state index < -0.39 is 26.4 Å². The summed E-state index contributed by atoms with van der Waals surface area (Å²) < 4.78 is 26.1. The van der Waals surface area contributed by atoms with Crippen molar-refractivity contribution in [2.24, 2.45) is 5.92 Å². The van der Waals surface area contributed by atoms with Crippen LogP contribution in [0, 0.1) is 16.0 Å². The summed E-state index contributed by atoms with van der Waals surface area (Å²) in [6.45, 7) is 2.89. The molecule has 0 saturated carbocycles. The van der Waals surface area contributed by atoms with Gasteiger partial charge in [-0.3, -0.25) is 10.1 Å². The maximum absolute atomic E-state index is 12.4. The lowest BCUT2D eigenvalue weighted by molar-refractivity contribution is -0.386. The van der Waals surface area contributed by atoms with Crippen molar-refractivity contribution >= 4 is 15.7 Å². The molecule has 110 valence electrons. The summed E-state index contributed by atoms with van der Waals surface area (Å²) >= 11 is 0. The normalized spacial score (nSPS) is 18.1. The van der Waals surface area contributed by atoms with Crippen molar-refractivity contribution in [3.8, 4) is 5.75 Å². The number of nitro groups is 1. The lowest BCUT2D eigenvalue weighted by atomic mass is 10.0. The molecular formula is C12H16N2O5S. The molecule has 0 spiro atoms. The molecule has 1 fully saturated rings. The smallest absolute Gasteiger partial charge is 0.312 e. The van der Waals surface area contributed by atoms with Crippen LogP contribution in [0.1, 0.15) is 19.8 Å². The zero-order valence-corrected chi connectivity index (χ0v) is 11.8. The molecule has 7 nitrogen and oxygen atoms in total. The molecule has 2 rings (SSSR count). The molecule has 0 amide bonds. The van der Waals surface area contributed by atoms with Gasteiger partial charge in [-0.05, 0) is 30.9 Å². The Bertz CT molecular complexity index is 621. The first-order valence-electron chi connectivity index (χ1n) is 6.30. The molecule has 0 bridgehead atoms. The highest BCUT2D eigenvalue weighted by Crippen LogP contribution is 2.30. The minimum Gasteiger partial charge on any atom is -0.502 e. The second-order valence-electron chi connectivity index (χ2n) is 4.99. The molecule has 1 aliphatic heterocycles. The van der Waals surface area contributed by atoms with E-state index in [-0.39, 0.29) is 4.90 Å². The minimum absolute atomic E-state index is 0.156. The van der Waals surface area contributed by atoms with Crippen molar-refractivity contribution < 1.29 is 18.4 Å². The van der Waals surface area contributed by atoms with Crippen LogP contribution in [0.4, 0.5) is 5.69 Å². The third-order valence-electron chi connectivity index (χ3n) is 3.52. The number of phenols is 1. The van der Waals surface area contributed by atoms with E-state index >= 15 is 0 Å². The number of phenolic OH excluding ortho intramolecular Hbond substituents is 1. The number of hydrogen-bond donors (Lipinski definition) is 1. The van der Waals surface area contributed by atoms with Crippen LogP contribution >= 0.6 is 0 Å². The van der Waals surface area contributed by atoms with E-state index in [0.717, 1.165) is 25.0 Å². The Hall–Kier alpha value is -1.67. The molecule has 1 aromatic rings. The monoisotopic (exact) mass is 300 g/mol. The predicted molar refractivity (Wildman–Crippen MR) is 71.9 cm³/mol. The second kappa shape index (κ2) is 5.37. The van der Waals surface area contributed by atoms with E-state index in [1.165, 1.54) is 10.4 Å². The topological polar surface area (TPSA) is 101 Å². The average molecular weight is 300 g/mol. The van der Waals surface area contributed by atoms with Crippen LogP contribution in [0.5, 0.6) is 5.75 Å². The Morgan fingerprint density at radius 3 is 2.50 bits per heavy atom. The van der Waals surface area contributed by atoms with E-state index in [2.05, 4.69) is 6.92 Å². The van der Waals surface area contributed by atoms with Gasteiger partial charge in [-0.25, -0.2) is 8.42 Å². The van der Waals surface area contributed by atoms with Gasteiger partial charge in [-0.15, -0.1) is 0 Å². The molecule has 1 aromatic carbocycles. The molecule has 20 heavy (non-hydrogen) atoms. The maximum Gasteiger partial charge on any atom is 0.312 e. The molecule has 1 N–H and O–H groups in total. The van der Waals surface area contributed by atoms with Gasteiger partial charge in [0.1, 0.15) is 0 Å². The first-order chi connectivity index (χ1) is 9.32. The number of hydrogen-bond acceptors (Lipinski definition) is 5. The number of nitro benzene ring substituents is 1. The van der Waals surface area contributed by atoms with Crippen molar-refractivity contribution in [3.63, 3.8) is 0 Å². The molecule has 1 aliphatic rings. The molecule has 0 radical (unpaired) electrons. The fourth-order valence-electron chi connectivity index (χ4n) is 2.18. The van der Waals surface area contributed by atoms with Crippen LogP contribution < -0.4 is 0 Å². The fraction of sp³-hybridized carbons (Fsp3) is 0.500. The highest BCUT2D eigenvalue weighted by atomic mass is 32.2. The lowest BCUT2D eigenvalue weighted by Gasteiger charge is -2.29. The largest absolute Gasteiger partial charge is 0.502 e. The van der Waals surface area contributed by atoms with Gasteiger partial charge in [0.2, 0.25) is 10.0 Å². The number of piperidine rings is 1. The van der Waals surface area contributed by atoms with Crippen molar-refractivity contribution in [3.05, 3.63) is 28.3 Å². The third-order valence-corrected chi connectivity index (χ3v) is 5.42. The first-order valence-corrected chi connectivity index (χ1v) is 7.74. The number of benzene rings is 1. The van der Waals surface area contributed by atoms with E-state index in [9.17, 15) is 23.6 Å². The SMILES string of the molecule is CC1CCN(S(=O)(=O)c2ccc(O)c([N+](=O)[O-])c2)CC1. The molecule has 0 aliphatic carbocycles. The van der Waals surface area contributed by atoms with Crippen LogP contribution in [0.15, 0.2) is 23.1 Å². The zero-order valence-electron chi connectivity index (χ0n) is 11.0. The van der Waals surface area contributed by atoms with Crippen LogP contribution in [-0.2, 0) is 10.0 Å². The highest BCUT2D eigenvalue weighted by molar-refractivity contribution is 7.89. The highest BCUT2D eigenvalue weighted by Gasteiger charge is 2.29. The standard InChI is InChI=1S/C12H16N2O5S/c1-9-4-6-13(7-5-9)20(18,19)10-2-3-12(15)11(8-10)14(16)17/h2-3,8-9,15H,4-7H2,1H3. The molecule has 8 heteroatoms. The Morgan fingerprint density at radius 2 is 1.95 bits per heavy atom. The first kappa shape index (κ1) is 14.7. The Kier molecular flexibility index (Phi) is 3.96. The van der Waals surface area contributed by atoms with E-state index in [0.29, 0.717) is 19.0 Å². The van der Waals surface area contributed by atoms with E-state index in [1.807, 2.05) is 0 Å². The van der Waals surface area contributed by atoms with Gasteiger partial charge in [0.05, 0.1) is 9.82 Å². The molecule has 0 aromatic heterocycles. The average Bonchev–Trinajstić information content (AvgIpc) is 2.39. The summed E-state index contributed by atoms with van der Waals surface area (Å²) in [5.74, 6) is -0.0585. The third kappa shape index (κ3) is 2.75. The van der Waals surface area contributed by atoms with Gasteiger partial charge in [-0.1, -0.05) is 6.92 Å². The summed E-state index contributed by atoms with van der Waals surface area (Å²) in [5, 5.41) is 20.1. The zero-order chi connectivity index (χ0) is 14.9. The van der Waals surface area contributed by atoms with Gasteiger partial charge in [0.15, 0.2) is 5.75 Å². The summed E-state index contributed by atoms with van der Waals surface area (Å²) in [6, 6.07) is 3.13. The molecular weight excluding hydrogens is 284 g/mol. The van der Waals surface area contributed by atoms with Crippen molar-refractivity contribution in [1.29, 1.82) is 0 Å². The summed E-state index contributed by atoms with van der Waals surface area (Å²) in [4.78, 5) is 9.80. The van der Waals surface area contributed by atoms with Crippen LogP contribution in [-0.4, -0.2) is 35.8 Å². The lowest BCUT2D eigenvalue weighted by Crippen LogP contribution is -2.37. The van der Waals surface area contributed by atoms with Gasteiger partial charge in [0, 0.05) is 19.2 Å². The van der Waals surface area contributed by atoms with Crippen LogP contribution in [0.25, 0.3) is 0 Å². The van der Waals surface area contributed by atoms with Crippen molar-refractivity contribution in [1.82, 2.24) is 4.31 Å². The van der Waals surface area contributed by atoms with Crippen molar-refractivity contribution in [2.45, 2.75) is 24.7 Å². The quantitative estimate of drug-likeness (QED) is 0.676. The summed E-state index contributed by atoms with van der Waals surface area (Å²) in [5.41, 5.74) is -0.601. The second-order valence-corrected chi connectivity index (χ2v) is 6.93. The molecule has 0 unspecified atom stereocenters. The molecule has 0 atom stereocenters. The Morgan fingerprint density at radius 1 is 1.35 bits per heavy atom. The van der Waals surface area contributed by atoms with Gasteiger partial charge in [0.25, 0.3) is 0 Å². The number of aromatic hydroxyl groups is 1. The van der Waals surface area contributed by atoms with E-state index in [4.69, 9.17) is 0 Å². The van der Waals surface area contributed by atoms with Crippen LogP contribution in [0.3, 0.4) is 0 Å². The maximum atomic E-state index is 12.4. The van der Waals surface area contributed by atoms with Gasteiger partial charge >= 0.3 is 5.69 Å².